The first-order chi connectivity index (χ1) is 5.41. The summed E-state index contributed by atoms with van der Waals surface area (Å²) in [5, 5.41) is 0. The van der Waals surface area contributed by atoms with E-state index >= 15 is 0 Å². The largest absolute Gasteiger partial charge is 0.459 e. The minimum atomic E-state index is -0.671. The van der Waals surface area contributed by atoms with Crippen molar-refractivity contribution in [2.45, 2.75) is 24.3 Å². The van der Waals surface area contributed by atoms with Crippen LogP contribution in [0.15, 0.2) is 0 Å². The lowest BCUT2D eigenvalue weighted by Gasteiger charge is -2.19. The fourth-order valence-corrected chi connectivity index (χ4v) is 0.577. The smallest absolute Gasteiger partial charge is 0.322 e. The van der Waals surface area contributed by atoms with Crippen molar-refractivity contribution in [1.82, 2.24) is 0 Å². The Hall–Kier alpha value is -0.130. The summed E-state index contributed by atoms with van der Waals surface area (Å²) in [6.45, 7) is 3.93. The van der Waals surface area contributed by atoms with Crippen LogP contribution in [0.4, 0.5) is 0 Å². The maximum absolute atomic E-state index is 11.2. The first-order valence-corrected chi connectivity index (χ1v) is 4.51. The van der Waals surface area contributed by atoms with Gasteiger partial charge in [-0.1, -0.05) is 15.9 Å². The second-order valence-electron chi connectivity index (χ2n) is 2.97. The highest BCUT2D eigenvalue weighted by molar-refractivity contribution is 9.10. The van der Waals surface area contributed by atoms with Crippen molar-refractivity contribution >= 4 is 21.9 Å². The minimum absolute atomic E-state index is 0.255. The third-order valence-corrected chi connectivity index (χ3v) is 1.61. The second-order valence-corrected chi connectivity index (χ2v) is 4.95. The molecule has 0 bridgehead atoms. The summed E-state index contributed by atoms with van der Waals surface area (Å²) in [5.74, 6) is -0.344. The van der Waals surface area contributed by atoms with E-state index in [0.29, 0.717) is 0 Å². The van der Waals surface area contributed by atoms with E-state index in [1.54, 1.807) is 13.8 Å². The van der Waals surface area contributed by atoms with Gasteiger partial charge in [0.1, 0.15) is 10.4 Å². The molecule has 0 saturated carbocycles. The average Bonchev–Trinajstić information content (AvgIpc) is 1.97. The molecule has 0 spiro atoms. The van der Waals surface area contributed by atoms with Gasteiger partial charge in [0.05, 0.1) is 0 Å². The Balaban J connectivity index is 3.99. The lowest BCUT2D eigenvalue weighted by atomic mass is 10.2. The molecule has 0 heterocycles. The predicted octanol–water partition coefficient (Wildman–Crippen LogP) is -0.0109. The maximum Gasteiger partial charge on any atom is 0.322 e. The van der Waals surface area contributed by atoms with Crippen molar-refractivity contribution < 1.29 is 9.53 Å². The number of halogens is 1. The van der Waals surface area contributed by atoms with E-state index in [2.05, 4.69) is 15.9 Å². The molecule has 72 valence electrons. The molecule has 4 nitrogen and oxygen atoms in total. The monoisotopic (exact) mass is 238 g/mol. The molecule has 0 aromatic carbocycles. The van der Waals surface area contributed by atoms with Gasteiger partial charge in [0.2, 0.25) is 0 Å². The number of alkyl halides is 1. The lowest BCUT2D eigenvalue weighted by molar-refractivity contribution is -0.149. The number of ether oxygens (including phenoxy) is 1. The van der Waals surface area contributed by atoms with Gasteiger partial charge in [-0.05, 0) is 13.8 Å². The Morgan fingerprint density at radius 1 is 1.50 bits per heavy atom. The zero-order chi connectivity index (χ0) is 9.78. The molecule has 0 radical (unpaired) electrons. The summed E-state index contributed by atoms with van der Waals surface area (Å²) in [6.07, 6.45) is -0.380. The van der Waals surface area contributed by atoms with E-state index in [0.717, 1.165) is 0 Å². The van der Waals surface area contributed by atoms with Crippen molar-refractivity contribution in [1.29, 1.82) is 0 Å². The molecule has 5 heteroatoms. The van der Waals surface area contributed by atoms with Gasteiger partial charge < -0.3 is 16.2 Å². The third kappa shape index (κ3) is 4.04. The van der Waals surface area contributed by atoms with Crippen LogP contribution >= 0.6 is 15.9 Å². The molecule has 0 aromatic heterocycles. The van der Waals surface area contributed by atoms with E-state index < -0.39 is 4.32 Å². The molecular formula is C7H15BrN2O2. The van der Waals surface area contributed by atoms with Gasteiger partial charge in [0.25, 0.3) is 0 Å². The van der Waals surface area contributed by atoms with E-state index in [9.17, 15) is 4.79 Å². The molecule has 0 unspecified atom stereocenters. The van der Waals surface area contributed by atoms with Crippen molar-refractivity contribution in [3.63, 3.8) is 0 Å². The van der Waals surface area contributed by atoms with Crippen LogP contribution < -0.4 is 11.5 Å². The van der Waals surface area contributed by atoms with Crippen LogP contribution in [0.2, 0.25) is 0 Å². The van der Waals surface area contributed by atoms with Crippen molar-refractivity contribution in [2.24, 2.45) is 11.5 Å². The lowest BCUT2D eigenvalue weighted by Crippen LogP contribution is -2.38. The fourth-order valence-electron chi connectivity index (χ4n) is 0.484. The van der Waals surface area contributed by atoms with Gasteiger partial charge in [0.15, 0.2) is 0 Å². The van der Waals surface area contributed by atoms with Crippen LogP contribution in [0.1, 0.15) is 13.8 Å². The molecule has 0 saturated heterocycles. The van der Waals surface area contributed by atoms with Crippen LogP contribution in [0, 0.1) is 0 Å². The number of esters is 1. The summed E-state index contributed by atoms with van der Waals surface area (Å²) in [5.41, 5.74) is 10.6. The fraction of sp³-hybridized carbons (Fsp3) is 0.857. The topological polar surface area (TPSA) is 78.3 Å². The highest BCUT2D eigenvalue weighted by atomic mass is 79.9. The zero-order valence-electron chi connectivity index (χ0n) is 7.34. The molecule has 0 aliphatic rings. The standard InChI is InChI=1S/C7H15BrN2O2/c1-7(2,8)6(11)12-5(3-9)4-10/h5H,3-4,9-10H2,1-2H3. The summed E-state index contributed by atoms with van der Waals surface area (Å²) >= 11 is 3.17. The normalized spacial score (nSPS) is 11.8. The summed E-state index contributed by atoms with van der Waals surface area (Å²) in [6, 6.07) is 0. The van der Waals surface area contributed by atoms with Gasteiger partial charge >= 0.3 is 5.97 Å². The Kier molecular flexibility index (Phi) is 4.74. The van der Waals surface area contributed by atoms with Crippen molar-refractivity contribution in [3.05, 3.63) is 0 Å². The molecule has 0 aromatic rings. The Bertz CT molecular complexity index is 152. The first-order valence-electron chi connectivity index (χ1n) is 3.72. The van der Waals surface area contributed by atoms with Gasteiger partial charge in [-0.2, -0.15) is 0 Å². The number of hydrogen-bond acceptors (Lipinski definition) is 4. The zero-order valence-corrected chi connectivity index (χ0v) is 8.93. The summed E-state index contributed by atoms with van der Waals surface area (Å²) in [4.78, 5) is 11.2. The molecule has 0 aliphatic carbocycles. The van der Waals surface area contributed by atoms with Gasteiger partial charge in [-0.15, -0.1) is 0 Å². The van der Waals surface area contributed by atoms with E-state index in [1.807, 2.05) is 0 Å². The van der Waals surface area contributed by atoms with Crippen LogP contribution in [0.3, 0.4) is 0 Å². The Morgan fingerprint density at radius 2 is 1.92 bits per heavy atom. The van der Waals surface area contributed by atoms with Crippen molar-refractivity contribution in [3.8, 4) is 0 Å². The highest BCUT2D eigenvalue weighted by Crippen LogP contribution is 2.17. The van der Waals surface area contributed by atoms with E-state index in [1.165, 1.54) is 0 Å². The Labute approximate surface area is 80.8 Å². The number of carbonyl (C=O) groups excluding carboxylic acids is 1. The quantitative estimate of drug-likeness (QED) is 0.534. The van der Waals surface area contributed by atoms with Crippen LogP contribution in [-0.2, 0) is 9.53 Å². The van der Waals surface area contributed by atoms with Gasteiger partial charge in [-0.3, -0.25) is 4.79 Å². The number of rotatable bonds is 4. The average molecular weight is 239 g/mol. The predicted molar refractivity (Wildman–Crippen MR) is 51.0 cm³/mol. The molecule has 0 rings (SSSR count). The van der Waals surface area contributed by atoms with Crippen LogP contribution in [-0.4, -0.2) is 29.5 Å². The number of hydrogen-bond donors (Lipinski definition) is 2. The van der Waals surface area contributed by atoms with E-state index in [-0.39, 0.29) is 25.2 Å². The third-order valence-electron chi connectivity index (χ3n) is 1.28. The molecule has 0 aliphatic heterocycles. The van der Waals surface area contributed by atoms with Crippen molar-refractivity contribution in [2.75, 3.05) is 13.1 Å². The number of carbonyl (C=O) groups is 1. The molecule has 12 heavy (non-hydrogen) atoms. The molecule has 0 fully saturated rings. The van der Waals surface area contributed by atoms with Crippen LogP contribution in [0.5, 0.6) is 0 Å². The summed E-state index contributed by atoms with van der Waals surface area (Å²) in [7, 11) is 0. The maximum atomic E-state index is 11.2. The molecule has 4 N–H and O–H groups in total. The van der Waals surface area contributed by atoms with Crippen LogP contribution in [0.25, 0.3) is 0 Å². The minimum Gasteiger partial charge on any atom is -0.459 e. The molecule has 0 atom stereocenters. The Morgan fingerprint density at radius 3 is 2.17 bits per heavy atom. The highest BCUT2D eigenvalue weighted by Gasteiger charge is 2.27. The van der Waals surface area contributed by atoms with E-state index in [4.69, 9.17) is 16.2 Å². The van der Waals surface area contributed by atoms with Gasteiger partial charge in [-0.25, -0.2) is 0 Å². The molecule has 0 amide bonds. The second kappa shape index (κ2) is 4.79. The summed E-state index contributed by atoms with van der Waals surface area (Å²) < 4.78 is 4.31. The molecular weight excluding hydrogens is 224 g/mol. The number of nitrogens with two attached hydrogens (primary N) is 2. The SMILES string of the molecule is CC(C)(Br)C(=O)OC(CN)CN. The van der Waals surface area contributed by atoms with Gasteiger partial charge in [0, 0.05) is 13.1 Å². The first kappa shape index (κ1) is 11.9.